The van der Waals surface area contributed by atoms with Crippen LogP contribution < -0.4 is 5.32 Å². The molecule has 0 spiro atoms. The van der Waals surface area contributed by atoms with Crippen LogP contribution in [0.4, 0.5) is 4.39 Å². The Kier molecular flexibility index (Phi) is 4.91. The third-order valence-corrected chi connectivity index (χ3v) is 4.15. The van der Waals surface area contributed by atoms with E-state index in [1.54, 1.807) is 6.07 Å². The van der Waals surface area contributed by atoms with Crippen LogP contribution in [0.2, 0.25) is 0 Å². The van der Waals surface area contributed by atoms with E-state index in [0.29, 0.717) is 6.54 Å². The Labute approximate surface area is 126 Å². The molecule has 0 aliphatic heterocycles. The first-order chi connectivity index (χ1) is 9.55. The van der Waals surface area contributed by atoms with E-state index in [1.165, 1.54) is 12.1 Å². The van der Waals surface area contributed by atoms with Crippen LogP contribution in [-0.4, -0.2) is 11.7 Å². The predicted octanol–water partition coefficient (Wildman–Crippen LogP) is 3.59. The largest absolute Gasteiger partial charge is 0.394 e. The summed E-state index contributed by atoms with van der Waals surface area (Å²) in [4.78, 5) is 0. The molecule has 2 N–H and O–H groups in total. The monoisotopic (exact) mass is 337 g/mol. The average molecular weight is 338 g/mol. The van der Waals surface area contributed by atoms with Crippen molar-refractivity contribution in [1.82, 2.24) is 5.32 Å². The summed E-state index contributed by atoms with van der Waals surface area (Å²) < 4.78 is 13.8. The minimum absolute atomic E-state index is 0.0180. The van der Waals surface area contributed by atoms with Gasteiger partial charge in [0.05, 0.1) is 12.1 Å². The van der Waals surface area contributed by atoms with E-state index in [2.05, 4.69) is 21.2 Å². The van der Waals surface area contributed by atoms with Crippen molar-refractivity contribution in [2.75, 3.05) is 6.61 Å². The van der Waals surface area contributed by atoms with Crippen molar-refractivity contribution in [2.45, 2.75) is 19.0 Å². The smallest absolute Gasteiger partial charge is 0.124 e. The number of hydrogen-bond acceptors (Lipinski definition) is 2. The van der Waals surface area contributed by atoms with Gasteiger partial charge in [-0.1, -0.05) is 52.3 Å². The van der Waals surface area contributed by atoms with E-state index in [0.717, 1.165) is 15.6 Å². The highest BCUT2D eigenvalue weighted by Crippen LogP contribution is 2.23. The van der Waals surface area contributed by atoms with Gasteiger partial charge in [-0.15, -0.1) is 0 Å². The maximum Gasteiger partial charge on any atom is 0.124 e. The van der Waals surface area contributed by atoms with Crippen LogP contribution in [0, 0.1) is 5.82 Å². The summed E-state index contributed by atoms with van der Waals surface area (Å²) in [6.45, 7) is 2.46. The molecular formula is C16H17BrFNO. The fraction of sp³-hybridized carbons (Fsp3) is 0.250. The molecule has 2 aromatic carbocycles. The zero-order valence-corrected chi connectivity index (χ0v) is 12.8. The molecule has 2 nitrogen and oxygen atoms in total. The van der Waals surface area contributed by atoms with Crippen molar-refractivity contribution in [3.8, 4) is 0 Å². The molecule has 0 aliphatic rings. The summed E-state index contributed by atoms with van der Waals surface area (Å²) >= 11 is 3.35. The SMILES string of the molecule is CC(CO)(NCc1ccc(F)cc1Br)c1ccccc1. The number of aliphatic hydroxyl groups excluding tert-OH is 1. The Hall–Kier alpha value is -1.23. The lowest BCUT2D eigenvalue weighted by atomic mass is 9.92. The number of hydrogen-bond donors (Lipinski definition) is 2. The minimum atomic E-state index is -0.533. The molecule has 2 rings (SSSR count). The molecule has 0 saturated heterocycles. The quantitative estimate of drug-likeness (QED) is 0.873. The van der Waals surface area contributed by atoms with Crippen LogP contribution in [0.5, 0.6) is 0 Å². The second kappa shape index (κ2) is 6.48. The topological polar surface area (TPSA) is 32.3 Å². The van der Waals surface area contributed by atoms with E-state index in [9.17, 15) is 9.50 Å². The third-order valence-electron chi connectivity index (χ3n) is 3.41. The van der Waals surface area contributed by atoms with Gasteiger partial charge >= 0.3 is 0 Å². The average Bonchev–Trinajstić information content (AvgIpc) is 2.47. The maximum atomic E-state index is 13.1. The summed E-state index contributed by atoms with van der Waals surface area (Å²) in [5.74, 6) is -0.270. The Morgan fingerprint density at radius 3 is 2.50 bits per heavy atom. The first-order valence-electron chi connectivity index (χ1n) is 6.40. The van der Waals surface area contributed by atoms with Crippen molar-refractivity contribution in [3.05, 3.63) is 69.9 Å². The Morgan fingerprint density at radius 1 is 1.20 bits per heavy atom. The lowest BCUT2D eigenvalue weighted by molar-refractivity contribution is 0.173. The highest BCUT2D eigenvalue weighted by molar-refractivity contribution is 9.10. The first-order valence-corrected chi connectivity index (χ1v) is 7.20. The van der Waals surface area contributed by atoms with Gasteiger partial charge in [0.1, 0.15) is 5.82 Å². The maximum absolute atomic E-state index is 13.1. The standard InChI is InChI=1S/C16H17BrFNO/c1-16(11-20,13-5-3-2-4-6-13)19-10-12-7-8-14(18)9-15(12)17/h2-9,19-20H,10-11H2,1H3. The second-order valence-electron chi connectivity index (χ2n) is 4.95. The molecule has 0 saturated carbocycles. The fourth-order valence-electron chi connectivity index (χ4n) is 2.01. The molecule has 0 amide bonds. The van der Waals surface area contributed by atoms with E-state index in [1.807, 2.05) is 37.3 Å². The van der Waals surface area contributed by atoms with E-state index >= 15 is 0 Å². The van der Waals surface area contributed by atoms with E-state index < -0.39 is 5.54 Å². The fourth-order valence-corrected chi connectivity index (χ4v) is 2.50. The van der Waals surface area contributed by atoms with Crippen LogP contribution in [0.25, 0.3) is 0 Å². The molecule has 2 aromatic rings. The van der Waals surface area contributed by atoms with Crippen molar-refractivity contribution < 1.29 is 9.50 Å². The summed E-state index contributed by atoms with van der Waals surface area (Å²) in [6.07, 6.45) is 0. The number of nitrogens with one attached hydrogen (secondary N) is 1. The van der Waals surface area contributed by atoms with E-state index in [-0.39, 0.29) is 12.4 Å². The molecule has 0 aliphatic carbocycles. The van der Waals surface area contributed by atoms with Crippen LogP contribution in [0.15, 0.2) is 53.0 Å². The van der Waals surface area contributed by atoms with Crippen LogP contribution >= 0.6 is 15.9 Å². The van der Waals surface area contributed by atoms with Crippen LogP contribution in [-0.2, 0) is 12.1 Å². The number of benzene rings is 2. The third kappa shape index (κ3) is 3.45. The molecule has 0 heterocycles. The summed E-state index contributed by atoms with van der Waals surface area (Å²) in [5.41, 5.74) is 1.43. The van der Waals surface area contributed by atoms with Gasteiger partial charge < -0.3 is 10.4 Å². The predicted molar refractivity (Wildman–Crippen MR) is 81.8 cm³/mol. The van der Waals surface area contributed by atoms with Gasteiger partial charge in [0.2, 0.25) is 0 Å². The second-order valence-corrected chi connectivity index (χ2v) is 5.80. The van der Waals surface area contributed by atoms with Gasteiger partial charge in [-0.05, 0) is 30.2 Å². The number of rotatable bonds is 5. The minimum Gasteiger partial charge on any atom is -0.394 e. The molecular weight excluding hydrogens is 321 g/mol. The first kappa shape index (κ1) is 15.2. The van der Waals surface area contributed by atoms with Gasteiger partial charge in [-0.2, -0.15) is 0 Å². The van der Waals surface area contributed by atoms with Gasteiger partial charge in [0, 0.05) is 11.0 Å². The molecule has 0 radical (unpaired) electrons. The summed E-state index contributed by atoms with van der Waals surface area (Å²) in [7, 11) is 0. The molecule has 0 fully saturated rings. The lowest BCUT2D eigenvalue weighted by Crippen LogP contribution is -2.42. The van der Waals surface area contributed by atoms with Gasteiger partial charge in [0.15, 0.2) is 0 Å². The molecule has 0 aromatic heterocycles. The summed E-state index contributed by atoms with van der Waals surface area (Å²) in [5, 5.41) is 13.0. The van der Waals surface area contributed by atoms with Gasteiger partial charge in [0.25, 0.3) is 0 Å². The highest BCUT2D eigenvalue weighted by atomic mass is 79.9. The van der Waals surface area contributed by atoms with Crippen molar-refractivity contribution in [1.29, 1.82) is 0 Å². The van der Waals surface area contributed by atoms with Crippen LogP contribution in [0.3, 0.4) is 0 Å². The Morgan fingerprint density at radius 2 is 1.90 bits per heavy atom. The van der Waals surface area contributed by atoms with Crippen molar-refractivity contribution in [2.24, 2.45) is 0 Å². The molecule has 1 atom stereocenters. The highest BCUT2D eigenvalue weighted by Gasteiger charge is 2.24. The number of aliphatic hydroxyl groups is 1. The molecule has 20 heavy (non-hydrogen) atoms. The van der Waals surface area contributed by atoms with Crippen molar-refractivity contribution in [3.63, 3.8) is 0 Å². The molecule has 1 unspecified atom stereocenters. The molecule has 106 valence electrons. The van der Waals surface area contributed by atoms with Crippen LogP contribution in [0.1, 0.15) is 18.1 Å². The number of halogens is 2. The van der Waals surface area contributed by atoms with Gasteiger partial charge in [-0.3, -0.25) is 0 Å². The normalized spacial score (nSPS) is 14.0. The molecule has 4 heteroatoms. The van der Waals surface area contributed by atoms with Crippen molar-refractivity contribution >= 4 is 15.9 Å². The van der Waals surface area contributed by atoms with Gasteiger partial charge in [-0.25, -0.2) is 4.39 Å². The lowest BCUT2D eigenvalue weighted by Gasteiger charge is -2.29. The Bertz CT molecular complexity index is 576. The summed E-state index contributed by atoms with van der Waals surface area (Å²) in [6, 6.07) is 14.4. The zero-order chi connectivity index (χ0) is 14.6. The molecule has 0 bridgehead atoms. The Balaban J connectivity index is 2.15. The van der Waals surface area contributed by atoms with E-state index in [4.69, 9.17) is 0 Å². The zero-order valence-electron chi connectivity index (χ0n) is 11.2.